The van der Waals surface area contributed by atoms with Gasteiger partial charge in [-0.15, -0.1) is 0 Å². The molecule has 0 unspecified atom stereocenters. The molecular weight excluding hydrogens is 362 g/mol. The Hall–Kier alpha value is -2.95. The molecule has 2 aromatic carbocycles. The Bertz CT molecular complexity index is 953. The highest BCUT2D eigenvalue weighted by Crippen LogP contribution is 2.24. The highest BCUT2D eigenvalue weighted by atomic mass is 16.5. The van der Waals surface area contributed by atoms with E-state index in [-0.39, 0.29) is 5.91 Å². The number of nitrogens with zero attached hydrogens (tertiary/aromatic N) is 3. The lowest BCUT2D eigenvalue weighted by Gasteiger charge is -2.32. The summed E-state index contributed by atoms with van der Waals surface area (Å²) in [6, 6.07) is 16.3. The summed E-state index contributed by atoms with van der Waals surface area (Å²) in [6.45, 7) is 5.58. The van der Waals surface area contributed by atoms with Gasteiger partial charge in [0.2, 0.25) is 0 Å². The summed E-state index contributed by atoms with van der Waals surface area (Å²) in [7, 11) is 0. The van der Waals surface area contributed by atoms with Gasteiger partial charge in [-0.05, 0) is 75.3 Å². The lowest BCUT2D eigenvalue weighted by Crippen LogP contribution is -2.38. The van der Waals surface area contributed by atoms with Crippen LogP contribution in [0.15, 0.2) is 53.1 Å². The summed E-state index contributed by atoms with van der Waals surface area (Å²) in [5.74, 6) is 1.89. The third-order valence-electron chi connectivity index (χ3n) is 5.77. The molecule has 0 spiro atoms. The number of hydrogen-bond donors (Lipinski definition) is 0. The van der Waals surface area contributed by atoms with Gasteiger partial charge in [0.25, 0.3) is 11.8 Å². The van der Waals surface area contributed by atoms with Crippen molar-refractivity contribution in [1.82, 2.24) is 15.0 Å². The second-order valence-electron chi connectivity index (χ2n) is 7.98. The van der Waals surface area contributed by atoms with Crippen molar-refractivity contribution in [2.75, 3.05) is 13.1 Å². The Balaban J connectivity index is 1.29. The van der Waals surface area contributed by atoms with Gasteiger partial charge < -0.3 is 9.42 Å². The first kappa shape index (κ1) is 19.4. The lowest BCUT2D eigenvalue weighted by atomic mass is 9.90. The van der Waals surface area contributed by atoms with Crippen molar-refractivity contribution in [3.05, 3.63) is 71.0 Å². The van der Waals surface area contributed by atoms with Crippen LogP contribution in [0, 0.1) is 19.8 Å². The Labute approximate surface area is 171 Å². The number of amides is 1. The fourth-order valence-electron chi connectivity index (χ4n) is 3.90. The number of likely N-dealkylation sites (tertiary alicyclic amines) is 1. The molecule has 150 valence electrons. The van der Waals surface area contributed by atoms with Gasteiger partial charge in [-0.2, -0.15) is 4.98 Å². The molecule has 1 aliphatic rings. The normalized spacial score (nSPS) is 14.9. The zero-order valence-corrected chi connectivity index (χ0v) is 17.1. The van der Waals surface area contributed by atoms with Crippen molar-refractivity contribution in [1.29, 1.82) is 0 Å². The first-order valence-electron chi connectivity index (χ1n) is 10.3. The summed E-state index contributed by atoms with van der Waals surface area (Å²) in [5, 5.41) is 3.81. The van der Waals surface area contributed by atoms with Crippen LogP contribution in [-0.2, 0) is 6.42 Å². The predicted molar refractivity (Wildman–Crippen MR) is 113 cm³/mol. The van der Waals surface area contributed by atoms with Gasteiger partial charge in [0.15, 0.2) is 5.82 Å². The Morgan fingerprint density at radius 1 is 1.03 bits per heavy atom. The Kier molecular flexibility index (Phi) is 5.74. The van der Waals surface area contributed by atoms with Crippen LogP contribution < -0.4 is 0 Å². The predicted octanol–water partition coefficient (Wildman–Crippen LogP) is 4.84. The van der Waals surface area contributed by atoms with E-state index < -0.39 is 0 Å². The number of hydrogen-bond acceptors (Lipinski definition) is 4. The van der Waals surface area contributed by atoms with E-state index in [0.717, 1.165) is 37.9 Å². The topological polar surface area (TPSA) is 59.2 Å². The van der Waals surface area contributed by atoms with Crippen LogP contribution in [0.2, 0.25) is 0 Å². The summed E-state index contributed by atoms with van der Waals surface area (Å²) in [5.41, 5.74) is 4.26. The number of rotatable bonds is 5. The zero-order chi connectivity index (χ0) is 20.2. The fraction of sp³-hybridized carbons (Fsp3) is 0.375. The third kappa shape index (κ3) is 4.73. The number of carbonyl (C=O) groups is 1. The van der Waals surface area contributed by atoms with E-state index in [0.29, 0.717) is 23.2 Å². The molecule has 1 amide bonds. The lowest BCUT2D eigenvalue weighted by molar-refractivity contribution is 0.0687. The summed E-state index contributed by atoms with van der Waals surface area (Å²) in [4.78, 5) is 19.0. The van der Waals surface area contributed by atoms with Crippen LogP contribution in [0.25, 0.3) is 11.5 Å². The number of benzene rings is 2. The maximum absolute atomic E-state index is 12.8. The molecule has 0 radical (unpaired) electrons. The van der Waals surface area contributed by atoms with Crippen molar-refractivity contribution < 1.29 is 9.32 Å². The van der Waals surface area contributed by atoms with E-state index in [1.54, 1.807) is 6.92 Å². The molecule has 0 atom stereocenters. The van der Waals surface area contributed by atoms with Gasteiger partial charge in [0, 0.05) is 24.2 Å². The first-order chi connectivity index (χ1) is 14.1. The van der Waals surface area contributed by atoms with Crippen molar-refractivity contribution in [2.45, 2.75) is 39.5 Å². The van der Waals surface area contributed by atoms with Gasteiger partial charge in [0.05, 0.1) is 0 Å². The molecule has 3 aromatic rings. The van der Waals surface area contributed by atoms with E-state index in [9.17, 15) is 4.79 Å². The third-order valence-corrected chi connectivity index (χ3v) is 5.77. The molecule has 0 bridgehead atoms. The molecule has 0 saturated carbocycles. The molecule has 29 heavy (non-hydrogen) atoms. The molecule has 1 saturated heterocycles. The smallest absolute Gasteiger partial charge is 0.257 e. The van der Waals surface area contributed by atoms with Crippen molar-refractivity contribution in [3.8, 4) is 11.5 Å². The molecular formula is C24H27N3O2. The molecule has 1 fully saturated rings. The quantitative estimate of drug-likeness (QED) is 0.627. The second kappa shape index (κ2) is 8.60. The SMILES string of the molecule is Cc1ccc(CCC2CCN(C(=O)c3ccc(-c4nc(C)no4)cc3)CC2)cc1. The van der Waals surface area contributed by atoms with Crippen molar-refractivity contribution in [2.24, 2.45) is 5.92 Å². The first-order valence-corrected chi connectivity index (χ1v) is 10.3. The monoisotopic (exact) mass is 389 g/mol. The van der Waals surface area contributed by atoms with Gasteiger partial charge >= 0.3 is 0 Å². The Morgan fingerprint density at radius 2 is 1.72 bits per heavy atom. The highest BCUT2D eigenvalue weighted by molar-refractivity contribution is 5.94. The minimum Gasteiger partial charge on any atom is -0.339 e. The van der Waals surface area contributed by atoms with Crippen LogP contribution in [0.1, 0.15) is 46.6 Å². The molecule has 1 aromatic heterocycles. The van der Waals surface area contributed by atoms with Crippen molar-refractivity contribution in [3.63, 3.8) is 0 Å². The summed E-state index contributed by atoms with van der Waals surface area (Å²) >= 11 is 0. The highest BCUT2D eigenvalue weighted by Gasteiger charge is 2.23. The van der Waals surface area contributed by atoms with Crippen LogP contribution in [0.4, 0.5) is 0 Å². The number of piperidine rings is 1. The minimum atomic E-state index is 0.107. The molecule has 0 N–H and O–H groups in total. The van der Waals surface area contributed by atoms with Crippen LogP contribution in [0.5, 0.6) is 0 Å². The molecule has 0 aliphatic carbocycles. The van der Waals surface area contributed by atoms with Gasteiger partial charge in [-0.3, -0.25) is 4.79 Å². The van der Waals surface area contributed by atoms with Gasteiger partial charge in [-0.1, -0.05) is 35.0 Å². The Morgan fingerprint density at radius 3 is 2.34 bits per heavy atom. The van der Waals surface area contributed by atoms with Gasteiger partial charge in [0.1, 0.15) is 0 Å². The largest absolute Gasteiger partial charge is 0.339 e. The molecule has 4 rings (SSSR count). The average Bonchev–Trinajstić information content (AvgIpc) is 3.20. The number of aryl methyl sites for hydroxylation is 3. The van der Waals surface area contributed by atoms with Gasteiger partial charge in [-0.25, -0.2) is 0 Å². The van der Waals surface area contributed by atoms with E-state index >= 15 is 0 Å². The second-order valence-corrected chi connectivity index (χ2v) is 7.98. The van der Waals surface area contributed by atoms with Crippen LogP contribution in [0.3, 0.4) is 0 Å². The van der Waals surface area contributed by atoms with E-state index in [1.165, 1.54) is 17.5 Å². The molecule has 5 heteroatoms. The standard InChI is InChI=1S/C24H27N3O2/c1-17-3-5-19(6-4-17)7-8-20-13-15-27(16-14-20)24(28)22-11-9-21(10-12-22)23-25-18(2)26-29-23/h3-6,9-12,20H,7-8,13-16H2,1-2H3. The minimum absolute atomic E-state index is 0.107. The summed E-state index contributed by atoms with van der Waals surface area (Å²) < 4.78 is 5.18. The van der Waals surface area contributed by atoms with Crippen LogP contribution in [-0.4, -0.2) is 34.0 Å². The van der Waals surface area contributed by atoms with E-state index in [1.807, 2.05) is 29.2 Å². The maximum Gasteiger partial charge on any atom is 0.257 e. The maximum atomic E-state index is 12.8. The molecule has 1 aliphatic heterocycles. The molecule has 5 nitrogen and oxygen atoms in total. The van der Waals surface area contributed by atoms with Crippen LogP contribution >= 0.6 is 0 Å². The van der Waals surface area contributed by atoms with E-state index in [2.05, 4.69) is 41.3 Å². The number of aromatic nitrogens is 2. The average molecular weight is 389 g/mol. The number of carbonyl (C=O) groups excluding carboxylic acids is 1. The molecule has 2 heterocycles. The fourth-order valence-corrected chi connectivity index (χ4v) is 3.90. The zero-order valence-electron chi connectivity index (χ0n) is 17.1. The van der Waals surface area contributed by atoms with Crippen molar-refractivity contribution >= 4 is 5.91 Å². The van der Waals surface area contributed by atoms with E-state index in [4.69, 9.17) is 4.52 Å². The summed E-state index contributed by atoms with van der Waals surface area (Å²) in [6.07, 6.45) is 4.48.